The molecule has 0 aliphatic heterocycles. The van der Waals surface area contributed by atoms with Crippen molar-refractivity contribution in [3.05, 3.63) is 215 Å². The SMILES string of the molecule is CC(N)C(c1ccccc1)C(OCO)C(CC(c1ccccc1)C(N)C(CC(N)(c1ccccc1)C(O)C(C)(NC=O)c1ccccc1)(OCO)c1ccccc1)c1ccccc1. The molecule has 6 aromatic rings. The van der Waals surface area contributed by atoms with Crippen molar-refractivity contribution in [3.63, 3.8) is 0 Å². The molecule has 6 aromatic carbocycles. The molecule has 1 amide bonds. The van der Waals surface area contributed by atoms with Gasteiger partial charge in [0, 0.05) is 36.3 Å². The lowest BCUT2D eigenvalue weighted by molar-refractivity contribution is -0.163. The highest BCUT2D eigenvalue weighted by Crippen LogP contribution is 2.50. The first-order valence-electron chi connectivity index (χ1n) is 21.5. The van der Waals surface area contributed by atoms with E-state index in [4.69, 9.17) is 26.7 Å². The molecule has 0 saturated carbocycles. The zero-order valence-corrected chi connectivity index (χ0v) is 36.1. The highest BCUT2D eigenvalue weighted by molar-refractivity contribution is 5.51. The molecule has 10 heteroatoms. The summed E-state index contributed by atoms with van der Waals surface area (Å²) in [6, 6.07) is 56.3. The molecule has 0 heterocycles. The van der Waals surface area contributed by atoms with Crippen molar-refractivity contribution in [2.24, 2.45) is 17.2 Å². The number of nitrogens with one attached hydrogen (secondary N) is 1. The molecule has 6 rings (SSSR count). The number of aliphatic hydroxyl groups excluding tert-OH is 3. The van der Waals surface area contributed by atoms with Gasteiger partial charge in [0.15, 0.2) is 0 Å². The Labute approximate surface area is 371 Å². The quantitative estimate of drug-likeness (QED) is 0.0267. The van der Waals surface area contributed by atoms with Crippen LogP contribution < -0.4 is 22.5 Å². The summed E-state index contributed by atoms with van der Waals surface area (Å²) >= 11 is 0. The van der Waals surface area contributed by atoms with E-state index in [9.17, 15) is 20.1 Å². The molecule has 0 fully saturated rings. The van der Waals surface area contributed by atoms with Crippen LogP contribution in [0.1, 0.15) is 77.8 Å². The zero-order chi connectivity index (χ0) is 44.9. The molecule has 0 aliphatic rings. The molecule has 10 unspecified atom stereocenters. The maximum Gasteiger partial charge on any atom is 0.207 e. The van der Waals surface area contributed by atoms with Gasteiger partial charge in [-0.3, -0.25) is 4.79 Å². The lowest BCUT2D eigenvalue weighted by atomic mass is 9.63. The second-order valence-corrected chi connectivity index (χ2v) is 16.7. The number of benzene rings is 6. The number of rotatable bonds is 23. The smallest absolute Gasteiger partial charge is 0.207 e. The fourth-order valence-corrected chi connectivity index (χ4v) is 9.73. The van der Waals surface area contributed by atoms with E-state index in [1.54, 1.807) is 6.92 Å². The van der Waals surface area contributed by atoms with Gasteiger partial charge in [-0.15, -0.1) is 0 Å². The molecule has 63 heavy (non-hydrogen) atoms. The van der Waals surface area contributed by atoms with Crippen LogP contribution in [-0.2, 0) is 30.9 Å². The number of ether oxygens (including phenoxy) is 2. The third kappa shape index (κ3) is 10.3. The molecular formula is C53H62N4O6. The molecule has 0 aliphatic carbocycles. The van der Waals surface area contributed by atoms with Crippen molar-refractivity contribution in [2.75, 3.05) is 13.6 Å². The molecule has 10 N–H and O–H groups in total. The van der Waals surface area contributed by atoms with Crippen LogP contribution in [0.25, 0.3) is 0 Å². The van der Waals surface area contributed by atoms with Crippen LogP contribution in [0.2, 0.25) is 0 Å². The average Bonchev–Trinajstić information content (AvgIpc) is 3.33. The highest BCUT2D eigenvalue weighted by atomic mass is 16.6. The van der Waals surface area contributed by atoms with Gasteiger partial charge >= 0.3 is 0 Å². The van der Waals surface area contributed by atoms with Crippen LogP contribution in [0, 0.1) is 0 Å². The van der Waals surface area contributed by atoms with E-state index >= 15 is 0 Å². The van der Waals surface area contributed by atoms with Gasteiger partial charge in [0.25, 0.3) is 0 Å². The average molecular weight is 851 g/mol. The van der Waals surface area contributed by atoms with Crippen LogP contribution in [-0.4, -0.2) is 59.6 Å². The van der Waals surface area contributed by atoms with Crippen molar-refractivity contribution in [3.8, 4) is 0 Å². The molecule has 0 bridgehead atoms. The van der Waals surface area contributed by atoms with E-state index < -0.39 is 60.4 Å². The lowest BCUT2D eigenvalue weighted by Crippen LogP contribution is -2.65. The fraction of sp³-hybridized carbons (Fsp3) is 0.302. The van der Waals surface area contributed by atoms with Gasteiger partial charge in [-0.1, -0.05) is 182 Å². The molecule has 10 nitrogen and oxygen atoms in total. The Morgan fingerprint density at radius 3 is 1.49 bits per heavy atom. The summed E-state index contributed by atoms with van der Waals surface area (Å²) in [6.45, 7) is 2.39. The van der Waals surface area contributed by atoms with Crippen molar-refractivity contribution >= 4 is 6.41 Å². The first kappa shape index (κ1) is 47.0. The first-order valence-corrected chi connectivity index (χ1v) is 21.5. The van der Waals surface area contributed by atoms with Gasteiger partial charge in [0.1, 0.15) is 25.3 Å². The minimum Gasteiger partial charge on any atom is -0.388 e. The minimum atomic E-state index is -1.71. The predicted octanol–water partition coefficient (Wildman–Crippen LogP) is 6.87. The maximum absolute atomic E-state index is 13.0. The zero-order valence-electron chi connectivity index (χ0n) is 36.1. The van der Waals surface area contributed by atoms with E-state index in [1.807, 2.05) is 189 Å². The summed E-state index contributed by atoms with van der Waals surface area (Å²) < 4.78 is 13.2. The number of hydrogen-bond acceptors (Lipinski definition) is 9. The van der Waals surface area contributed by atoms with E-state index in [0.717, 1.165) is 16.7 Å². The predicted molar refractivity (Wildman–Crippen MR) is 248 cm³/mol. The van der Waals surface area contributed by atoms with Gasteiger partial charge < -0.3 is 47.3 Å². The summed E-state index contributed by atoms with van der Waals surface area (Å²) in [4.78, 5) is 12.5. The normalized spacial score (nSPS) is 17.9. The number of hydrogen-bond donors (Lipinski definition) is 7. The topological polar surface area (TPSA) is 186 Å². The second kappa shape index (κ2) is 21.7. The largest absolute Gasteiger partial charge is 0.388 e. The fourth-order valence-electron chi connectivity index (χ4n) is 9.73. The van der Waals surface area contributed by atoms with Crippen molar-refractivity contribution in [1.29, 1.82) is 0 Å². The van der Waals surface area contributed by atoms with Gasteiger partial charge in [0.2, 0.25) is 6.41 Å². The molecular weight excluding hydrogens is 789 g/mol. The Bertz CT molecular complexity index is 2240. The van der Waals surface area contributed by atoms with E-state index in [0.29, 0.717) is 29.5 Å². The molecule has 0 aromatic heterocycles. The summed E-state index contributed by atoms with van der Waals surface area (Å²) in [7, 11) is 0. The summed E-state index contributed by atoms with van der Waals surface area (Å²) in [6.07, 6.45) is -1.37. The molecule has 330 valence electrons. The van der Waals surface area contributed by atoms with Crippen LogP contribution >= 0.6 is 0 Å². The molecule has 0 radical (unpaired) electrons. The Kier molecular flexibility index (Phi) is 16.2. The van der Waals surface area contributed by atoms with E-state index in [-0.39, 0.29) is 18.4 Å². The van der Waals surface area contributed by atoms with Crippen molar-refractivity contribution in [1.82, 2.24) is 5.32 Å². The highest BCUT2D eigenvalue weighted by Gasteiger charge is 2.56. The second-order valence-electron chi connectivity index (χ2n) is 16.7. The third-order valence-corrected chi connectivity index (χ3v) is 12.9. The Morgan fingerprint density at radius 2 is 1.05 bits per heavy atom. The standard InChI is InChI=1S/C53H62N4O6/c1-38(54)47(41-25-13-5-14-26-41)48(62-36-59)45(39-21-9-3-10-22-39)33-46(40-23-11-4-12-24-40)49(55)53(63-37-60,44-31-19-8-20-32-44)34-52(56,43-29-17-7-18-30-43)50(61)51(2,57-35-58)42-27-15-6-16-28-42/h3-32,35,38,45-50,59-61H,33-34,36-37,54-56H2,1-2H3,(H,57,58). The summed E-state index contributed by atoms with van der Waals surface area (Å²) in [5.74, 6) is -1.31. The van der Waals surface area contributed by atoms with Crippen molar-refractivity contribution < 1.29 is 29.6 Å². The van der Waals surface area contributed by atoms with Crippen molar-refractivity contribution in [2.45, 2.75) is 85.4 Å². The number of carbonyl (C=O) groups is 1. The van der Waals surface area contributed by atoms with Gasteiger partial charge in [-0.05, 0) is 53.6 Å². The Morgan fingerprint density at radius 1 is 0.619 bits per heavy atom. The summed E-state index contributed by atoms with van der Waals surface area (Å²) in [5, 5.41) is 37.6. The number of carbonyl (C=O) groups excluding carboxylic acids is 1. The summed E-state index contributed by atoms with van der Waals surface area (Å²) in [5.41, 5.74) is 22.4. The van der Waals surface area contributed by atoms with Crippen LogP contribution in [0.15, 0.2) is 182 Å². The minimum absolute atomic E-state index is 0.164. The van der Waals surface area contributed by atoms with E-state index in [1.165, 1.54) is 0 Å². The number of aliphatic hydroxyl groups is 3. The molecule has 10 atom stereocenters. The number of nitrogens with two attached hydrogens (primary N) is 3. The van der Waals surface area contributed by atoms with Crippen LogP contribution in [0.5, 0.6) is 0 Å². The van der Waals surface area contributed by atoms with Gasteiger partial charge in [-0.2, -0.15) is 0 Å². The number of amides is 1. The third-order valence-electron chi connectivity index (χ3n) is 12.9. The van der Waals surface area contributed by atoms with Crippen LogP contribution in [0.3, 0.4) is 0 Å². The maximum atomic E-state index is 13.0. The van der Waals surface area contributed by atoms with Gasteiger partial charge in [0.05, 0.1) is 17.2 Å². The monoisotopic (exact) mass is 850 g/mol. The van der Waals surface area contributed by atoms with E-state index in [2.05, 4.69) is 5.32 Å². The Balaban J connectivity index is 1.60. The Hall–Kier alpha value is -5.53. The van der Waals surface area contributed by atoms with Crippen LogP contribution in [0.4, 0.5) is 0 Å². The van der Waals surface area contributed by atoms with Gasteiger partial charge in [-0.25, -0.2) is 0 Å². The lowest BCUT2D eigenvalue weighted by Gasteiger charge is -2.52. The first-order chi connectivity index (χ1) is 30.5. The molecule has 0 spiro atoms. The molecule has 0 saturated heterocycles.